The van der Waals surface area contributed by atoms with Crippen LogP contribution >= 0.6 is 0 Å². The van der Waals surface area contributed by atoms with Crippen LogP contribution in [0.4, 0.5) is 0 Å². The van der Waals surface area contributed by atoms with E-state index in [1.807, 2.05) is 25.1 Å². The first-order valence-electron chi connectivity index (χ1n) is 7.19. The Bertz CT molecular complexity index is 461. The van der Waals surface area contributed by atoms with Gasteiger partial charge in [-0.25, -0.2) is 0 Å². The average Bonchev–Trinajstić information content (AvgIpc) is 2.46. The number of carbonyl (C=O) groups excluding carboxylic acids is 1. The number of amides is 1. The number of carbonyl (C=O) groups is 1. The maximum atomic E-state index is 12.1. The molecule has 0 aliphatic rings. The maximum absolute atomic E-state index is 12.1. The van der Waals surface area contributed by atoms with Crippen molar-refractivity contribution in [1.29, 1.82) is 0 Å². The second kappa shape index (κ2) is 8.52. The first kappa shape index (κ1) is 17.3. The van der Waals surface area contributed by atoms with Gasteiger partial charge in [-0.1, -0.05) is 12.1 Å². The highest BCUT2D eigenvalue weighted by Gasteiger charge is 2.14. The number of benzene rings is 1. The van der Waals surface area contributed by atoms with Gasteiger partial charge >= 0.3 is 0 Å². The van der Waals surface area contributed by atoms with Crippen molar-refractivity contribution in [3.63, 3.8) is 0 Å². The van der Waals surface area contributed by atoms with Crippen LogP contribution in [0, 0.1) is 0 Å². The Morgan fingerprint density at radius 1 is 1.33 bits per heavy atom. The lowest BCUT2D eigenvalue weighted by atomic mass is 10.1. The zero-order chi connectivity index (χ0) is 15.8. The summed E-state index contributed by atoms with van der Waals surface area (Å²) in [4.78, 5) is 13.8. The second-order valence-electron chi connectivity index (χ2n) is 5.27. The minimum Gasteiger partial charge on any atom is -0.493 e. The van der Waals surface area contributed by atoms with Crippen LogP contribution in [-0.4, -0.2) is 38.1 Å². The number of nitrogens with two attached hydrogens (primary N) is 1. The lowest BCUT2D eigenvalue weighted by Crippen LogP contribution is -2.26. The first-order valence-corrected chi connectivity index (χ1v) is 7.19. The molecule has 1 rings (SSSR count). The fraction of sp³-hybridized carbons (Fsp3) is 0.562. The zero-order valence-electron chi connectivity index (χ0n) is 13.4. The third-order valence-corrected chi connectivity index (χ3v) is 3.37. The van der Waals surface area contributed by atoms with E-state index in [2.05, 4.69) is 0 Å². The van der Waals surface area contributed by atoms with Crippen LogP contribution in [0.25, 0.3) is 0 Å². The molecule has 0 aromatic heterocycles. The first-order chi connectivity index (χ1) is 9.99. The molecule has 0 saturated carbocycles. The van der Waals surface area contributed by atoms with Gasteiger partial charge in [0, 0.05) is 31.6 Å². The molecule has 0 heterocycles. The predicted octanol–water partition coefficient (Wildman–Crippen LogP) is 2.18. The summed E-state index contributed by atoms with van der Waals surface area (Å²) in [7, 11) is 5.00. The van der Waals surface area contributed by atoms with E-state index in [0.29, 0.717) is 24.5 Å². The molecule has 1 unspecified atom stereocenters. The van der Waals surface area contributed by atoms with Crippen molar-refractivity contribution in [2.75, 3.05) is 21.3 Å². The van der Waals surface area contributed by atoms with E-state index in [-0.39, 0.29) is 11.9 Å². The molecule has 21 heavy (non-hydrogen) atoms. The highest BCUT2D eigenvalue weighted by atomic mass is 16.5. The molecule has 1 aromatic carbocycles. The van der Waals surface area contributed by atoms with Gasteiger partial charge in [0.25, 0.3) is 0 Å². The number of hydrogen-bond donors (Lipinski definition) is 1. The molecule has 5 nitrogen and oxygen atoms in total. The van der Waals surface area contributed by atoms with Gasteiger partial charge in [0.05, 0.1) is 14.2 Å². The molecule has 5 heteroatoms. The molecule has 1 amide bonds. The minimum absolute atomic E-state index is 0.112. The highest BCUT2D eigenvalue weighted by molar-refractivity contribution is 5.76. The molecule has 1 atom stereocenters. The minimum atomic E-state index is 0.112. The molecular weight excluding hydrogens is 268 g/mol. The summed E-state index contributed by atoms with van der Waals surface area (Å²) >= 11 is 0. The molecule has 0 bridgehead atoms. The fourth-order valence-corrected chi connectivity index (χ4v) is 2.19. The highest BCUT2D eigenvalue weighted by Crippen LogP contribution is 2.31. The van der Waals surface area contributed by atoms with Crippen LogP contribution in [0.5, 0.6) is 11.5 Å². The van der Waals surface area contributed by atoms with Crippen molar-refractivity contribution < 1.29 is 14.3 Å². The summed E-state index contributed by atoms with van der Waals surface area (Å²) in [6, 6.07) is 5.81. The summed E-state index contributed by atoms with van der Waals surface area (Å²) < 4.78 is 10.6. The third kappa shape index (κ3) is 5.27. The molecular formula is C16H26N2O3. The molecule has 0 aliphatic heterocycles. The van der Waals surface area contributed by atoms with Crippen molar-refractivity contribution >= 4 is 5.91 Å². The summed E-state index contributed by atoms with van der Waals surface area (Å²) in [5.74, 6) is 1.46. The van der Waals surface area contributed by atoms with Crippen molar-refractivity contribution in [2.24, 2.45) is 5.73 Å². The SMILES string of the molecule is COc1cccc(CN(C)C(=O)CCCC(C)N)c1OC. The fourth-order valence-electron chi connectivity index (χ4n) is 2.19. The van der Waals surface area contributed by atoms with E-state index in [4.69, 9.17) is 15.2 Å². The number of rotatable bonds is 8. The Hall–Kier alpha value is -1.75. The monoisotopic (exact) mass is 294 g/mol. The Morgan fingerprint density at radius 3 is 2.62 bits per heavy atom. The molecule has 0 aliphatic carbocycles. The van der Waals surface area contributed by atoms with Gasteiger partial charge < -0.3 is 20.1 Å². The van der Waals surface area contributed by atoms with Crippen molar-refractivity contribution in [3.8, 4) is 11.5 Å². The normalized spacial score (nSPS) is 11.9. The number of para-hydroxylation sites is 1. The van der Waals surface area contributed by atoms with Gasteiger partial charge in [-0.3, -0.25) is 4.79 Å². The Balaban J connectivity index is 2.65. The standard InChI is InChI=1S/C16H26N2O3/c1-12(17)7-5-10-15(19)18(2)11-13-8-6-9-14(20-3)16(13)21-4/h6,8-9,12H,5,7,10-11,17H2,1-4H3. The van der Waals surface area contributed by atoms with Gasteiger partial charge in [-0.05, 0) is 25.8 Å². The maximum Gasteiger partial charge on any atom is 0.222 e. The van der Waals surface area contributed by atoms with Crippen LogP contribution in [0.1, 0.15) is 31.7 Å². The van der Waals surface area contributed by atoms with Gasteiger partial charge in [0.1, 0.15) is 0 Å². The quantitative estimate of drug-likeness (QED) is 0.798. The average molecular weight is 294 g/mol. The van der Waals surface area contributed by atoms with Crippen LogP contribution in [-0.2, 0) is 11.3 Å². The summed E-state index contributed by atoms with van der Waals surface area (Å²) in [5, 5.41) is 0. The van der Waals surface area contributed by atoms with Gasteiger partial charge in [0.2, 0.25) is 5.91 Å². The third-order valence-electron chi connectivity index (χ3n) is 3.37. The molecule has 0 saturated heterocycles. The van der Waals surface area contributed by atoms with Gasteiger partial charge in [-0.15, -0.1) is 0 Å². The van der Waals surface area contributed by atoms with E-state index in [1.54, 1.807) is 26.2 Å². The van der Waals surface area contributed by atoms with E-state index in [9.17, 15) is 4.79 Å². The van der Waals surface area contributed by atoms with Crippen LogP contribution in [0.3, 0.4) is 0 Å². The number of methoxy groups -OCH3 is 2. The van der Waals surface area contributed by atoms with E-state index in [0.717, 1.165) is 18.4 Å². The van der Waals surface area contributed by atoms with Crippen LogP contribution < -0.4 is 15.2 Å². The second-order valence-corrected chi connectivity index (χ2v) is 5.27. The summed E-state index contributed by atoms with van der Waals surface area (Å²) in [6.45, 7) is 2.45. The van der Waals surface area contributed by atoms with E-state index < -0.39 is 0 Å². The number of hydrogen-bond acceptors (Lipinski definition) is 4. The van der Waals surface area contributed by atoms with Gasteiger partial charge in [-0.2, -0.15) is 0 Å². The predicted molar refractivity (Wildman–Crippen MR) is 83.5 cm³/mol. The van der Waals surface area contributed by atoms with Crippen molar-refractivity contribution in [2.45, 2.75) is 38.8 Å². The Morgan fingerprint density at radius 2 is 2.05 bits per heavy atom. The lowest BCUT2D eigenvalue weighted by Gasteiger charge is -2.20. The van der Waals surface area contributed by atoms with E-state index in [1.165, 1.54) is 0 Å². The molecule has 118 valence electrons. The van der Waals surface area contributed by atoms with Crippen LogP contribution in [0.2, 0.25) is 0 Å². The summed E-state index contributed by atoms with van der Waals surface area (Å²) in [5.41, 5.74) is 6.62. The molecule has 0 fully saturated rings. The van der Waals surface area contributed by atoms with Crippen molar-refractivity contribution in [3.05, 3.63) is 23.8 Å². The smallest absolute Gasteiger partial charge is 0.222 e. The number of nitrogens with zero attached hydrogens (tertiary/aromatic N) is 1. The Labute approximate surface area is 127 Å². The number of ether oxygens (including phenoxy) is 2. The molecule has 1 aromatic rings. The Kier molecular flexibility index (Phi) is 7.02. The summed E-state index contributed by atoms with van der Waals surface area (Å²) in [6.07, 6.45) is 2.20. The molecule has 0 spiro atoms. The largest absolute Gasteiger partial charge is 0.493 e. The molecule has 2 N–H and O–H groups in total. The molecule has 0 radical (unpaired) electrons. The van der Waals surface area contributed by atoms with Crippen molar-refractivity contribution in [1.82, 2.24) is 4.90 Å². The van der Waals surface area contributed by atoms with Gasteiger partial charge in [0.15, 0.2) is 11.5 Å². The zero-order valence-corrected chi connectivity index (χ0v) is 13.4. The topological polar surface area (TPSA) is 64.8 Å². The lowest BCUT2D eigenvalue weighted by molar-refractivity contribution is -0.130. The van der Waals surface area contributed by atoms with Crippen LogP contribution in [0.15, 0.2) is 18.2 Å². The van der Waals surface area contributed by atoms with E-state index >= 15 is 0 Å².